The molecule has 0 radical (unpaired) electrons. The number of hydrogen-bond donors (Lipinski definition) is 1. The third-order valence-electron chi connectivity index (χ3n) is 1.30. The van der Waals surface area contributed by atoms with Crippen molar-refractivity contribution in [3.63, 3.8) is 0 Å². The van der Waals surface area contributed by atoms with E-state index in [9.17, 15) is 4.79 Å². The van der Waals surface area contributed by atoms with E-state index in [0.29, 0.717) is 17.2 Å². The van der Waals surface area contributed by atoms with Gasteiger partial charge in [-0.15, -0.1) is 11.8 Å². The van der Waals surface area contributed by atoms with Gasteiger partial charge in [-0.05, 0) is 12.1 Å². The van der Waals surface area contributed by atoms with Gasteiger partial charge in [0.05, 0.1) is 10.0 Å². The summed E-state index contributed by atoms with van der Waals surface area (Å²) in [6.45, 7) is 0. The zero-order valence-electron chi connectivity index (χ0n) is 6.87. The van der Waals surface area contributed by atoms with Gasteiger partial charge >= 0.3 is 0 Å². The maximum atomic E-state index is 10.4. The second kappa shape index (κ2) is 5.09. The molecule has 2 N–H and O–H groups in total. The van der Waals surface area contributed by atoms with E-state index in [1.807, 2.05) is 6.07 Å². The predicted molar refractivity (Wildman–Crippen MR) is 53.8 cm³/mol. The average molecular weight is 217 g/mol. The van der Waals surface area contributed by atoms with Crippen LogP contribution in [0.4, 0.5) is 0 Å². The molecule has 0 aromatic carbocycles. The summed E-state index contributed by atoms with van der Waals surface area (Å²) in [5, 5.41) is 1.46. The summed E-state index contributed by atoms with van der Waals surface area (Å²) >= 11 is 7.14. The molecule has 0 aliphatic carbocycles. The van der Waals surface area contributed by atoms with E-state index in [2.05, 4.69) is 4.98 Å². The maximum Gasteiger partial charge on any atom is 0.218 e. The summed E-state index contributed by atoms with van der Waals surface area (Å²) in [6.07, 6.45) is 1.95. The molecule has 0 saturated carbocycles. The standard InChI is InChI=1S/C8H9ClN2OS/c9-6-1-2-8(11-5-6)13-4-3-7(10)12/h1-2,5H,3-4H2,(H2,10,12). The fourth-order valence-electron chi connectivity index (χ4n) is 0.704. The van der Waals surface area contributed by atoms with Crippen LogP contribution < -0.4 is 5.73 Å². The summed E-state index contributed by atoms with van der Waals surface area (Å²) in [5.41, 5.74) is 4.99. The van der Waals surface area contributed by atoms with Crippen LogP contribution in [0.5, 0.6) is 0 Å². The fourth-order valence-corrected chi connectivity index (χ4v) is 1.62. The first-order chi connectivity index (χ1) is 6.18. The Morgan fingerprint density at radius 2 is 2.38 bits per heavy atom. The second-order valence-corrected chi connectivity index (χ2v) is 3.93. The lowest BCUT2D eigenvalue weighted by molar-refractivity contribution is -0.117. The number of carbonyl (C=O) groups excluding carboxylic acids is 1. The van der Waals surface area contributed by atoms with Crippen molar-refractivity contribution in [2.75, 3.05) is 5.75 Å². The topological polar surface area (TPSA) is 56.0 Å². The Bertz CT molecular complexity index is 289. The number of primary amides is 1. The van der Waals surface area contributed by atoms with Gasteiger partial charge in [0.1, 0.15) is 0 Å². The van der Waals surface area contributed by atoms with E-state index in [1.165, 1.54) is 11.8 Å². The van der Waals surface area contributed by atoms with Crippen molar-refractivity contribution < 1.29 is 4.79 Å². The normalized spacial score (nSPS) is 9.92. The van der Waals surface area contributed by atoms with Crippen LogP contribution in [0.1, 0.15) is 6.42 Å². The van der Waals surface area contributed by atoms with Gasteiger partial charge in [-0.3, -0.25) is 4.79 Å². The van der Waals surface area contributed by atoms with Gasteiger partial charge in [0.2, 0.25) is 5.91 Å². The van der Waals surface area contributed by atoms with Crippen molar-refractivity contribution in [3.8, 4) is 0 Å². The number of halogens is 1. The first-order valence-electron chi connectivity index (χ1n) is 3.71. The Balaban J connectivity index is 2.37. The molecule has 3 nitrogen and oxygen atoms in total. The van der Waals surface area contributed by atoms with Crippen molar-refractivity contribution >= 4 is 29.3 Å². The van der Waals surface area contributed by atoms with Crippen LogP contribution in [0, 0.1) is 0 Å². The van der Waals surface area contributed by atoms with Crippen molar-refractivity contribution in [3.05, 3.63) is 23.4 Å². The maximum absolute atomic E-state index is 10.4. The number of nitrogens with two attached hydrogens (primary N) is 1. The summed E-state index contributed by atoms with van der Waals surface area (Å²) < 4.78 is 0. The van der Waals surface area contributed by atoms with Gasteiger partial charge in [0, 0.05) is 18.4 Å². The highest BCUT2D eigenvalue weighted by Crippen LogP contribution is 2.17. The minimum absolute atomic E-state index is 0.290. The van der Waals surface area contributed by atoms with Gasteiger partial charge in [-0.25, -0.2) is 4.98 Å². The molecule has 0 aliphatic rings. The molecule has 5 heteroatoms. The molecule has 1 amide bonds. The van der Waals surface area contributed by atoms with Crippen LogP contribution in [-0.4, -0.2) is 16.6 Å². The number of pyridine rings is 1. The van der Waals surface area contributed by atoms with Crippen LogP contribution in [0.25, 0.3) is 0 Å². The number of carbonyl (C=O) groups is 1. The van der Waals surface area contributed by atoms with Gasteiger partial charge in [-0.2, -0.15) is 0 Å². The van der Waals surface area contributed by atoms with Gasteiger partial charge in [-0.1, -0.05) is 11.6 Å². The molecular weight excluding hydrogens is 208 g/mol. The zero-order valence-corrected chi connectivity index (χ0v) is 8.44. The number of thioether (sulfide) groups is 1. The molecular formula is C8H9ClN2OS. The SMILES string of the molecule is NC(=O)CCSc1ccc(Cl)cn1. The highest BCUT2D eigenvalue weighted by Gasteiger charge is 1.97. The number of hydrogen-bond acceptors (Lipinski definition) is 3. The molecule has 0 unspecified atom stereocenters. The van der Waals surface area contributed by atoms with Crippen molar-refractivity contribution in [2.45, 2.75) is 11.4 Å². The largest absolute Gasteiger partial charge is 0.370 e. The smallest absolute Gasteiger partial charge is 0.218 e. The van der Waals surface area contributed by atoms with E-state index in [1.54, 1.807) is 12.3 Å². The fraction of sp³-hybridized carbons (Fsp3) is 0.250. The van der Waals surface area contributed by atoms with Crippen LogP contribution in [0.15, 0.2) is 23.4 Å². The second-order valence-electron chi connectivity index (χ2n) is 2.38. The van der Waals surface area contributed by atoms with Crippen molar-refractivity contribution in [1.82, 2.24) is 4.98 Å². The highest BCUT2D eigenvalue weighted by molar-refractivity contribution is 7.99. The molecule has 1 rings (SSSR count). The predicted octanol–water partition coefficient (Wildman–Crippen LogP) is 1.70. The first-order valence-corrected chi connectivity index (χ1v) is 5.07. The molecule has 0 spiro atoms. The molecule has 0 fully saturated rings. The number of rotatable bonds is 4. The number of amides is 1. The lowest BCUT2D eigenvalue weighted by Crippen LogP contribution is -2.10. The Morgan fingerprint density at radius 3 is 2.92 bits per heavy atom. The van der Waals surface area contributed by atoms with E-state index in [4.69, 9.17) is 17.3 Å². The first kappa shape index (κ1) is 10.3. The van der Waals surface area contributed by atoms with Crippen LogP contribution in [0.3, 0.4) is 0 Å². The summed E-state index contributed by atoms with van der Waals surface area (Å²) in [5.74, 6) is 0.366. The Labute approximate surface area is 85.7 Å². The van der Waals surface area contributed by atoms with Crippen LogP contribution in [-0.2, 0) is 4.79 Å². The summed E-state index contributed by atoms with van der Waals surface area (Å²) in [4.78, 5) is 14.5. The molecule has 1 aromatic rings. The van der Waals surface area contributed by atoms with Crippen molar-refractivity contribution in [1.29, 1.82) is 0 Å². The third kappa shape index (κ3) is 4.15. The Hall–Kier alpha value is -0.740. The monoisotopic (exact) mass is 216 g/mol. The van der Waals surface area contributed by atoms with E-state index in [0.717, 1.165) is 5.03 Å². The summed E-state index contributed by atoms with van der Waals surface area (Å²) in [7, 11) is 0. The van der Waals surface area contributed by atoms with Crippen LogP contribution >= 0.6 is 23.4 Å². The van der Waals surface area contributed by atoms with Gasteiger partial charge < -0.3 is 5.73 Å². The molecule has 0 atom stereocenters. The minimum Gasteiger partial charge on any atom is -0.370 e. The van der Waals surface area contributed by atoms with Crippen LogP contribution in [0.2, 0.25) is 5.02 Å². The van der Waals surface area contributed by atoms with E-state index >= 15 is 0 Å². The quantitative estimate of drug-likeness (QED) is 0.780. The molecule has 0 saturated heterocycles. The molecule has 1 aromatic heterocycles. The van der Waals surface area contributed by atoms with E-state index in [-0.39, 0.29) is 5.91 Å². The Kier molecular flexibility index (Phi) is 4.05. The molecule has 0 bridgehead atoms. The van der Waals surface area contributed by atoms with Crippen molar-refractivity contribution in [2.24, 2.45) is 5.73 Å². The summed E-state index contributed by atoms with van der Waals surface area (Å²) in [6, 6.07) is 3.58. The minimum atomic E-state index is -0.290. The number of nitrogens with zero attached hydrogens (tertiary/aromatic N) is 1. The Morgan fingerprint density at radius 1 is 1.62 bits per heavy atom. The zero-order chi connectivity index (χ0) is 9.68. The number of aromatic nitrogens is 1. The molecule has 0 aliphatic heterocycles. The molecule has 13 heavy (non-hydrogen) atoms. The lowest BCUT2D eigenvalue weighted by Gasteiger charge is -1.98. The highest BCUT2D eigenvalue weighted by atomic mass is 35.5. The third-order valence-corrected chi connectivity index (χ3v) is 2.47. The molecule has 1 heterocycles. The molecule has 70 valence electrons. The lowest BCUT2D eigenvalue weighted by atomic mass is 10.5. The van der Waals surface area contributed by atoms with E-state index < -0.39 is 0 Å². The van der Waals surface area contributed by atoms with Gasteiger partial charge in [0.15, 0.2) is 0 Å². The average Bonchev–Trinajstić information content (AvgIpc) is 2.08. The van der Waals surface area contributed by atoms with Gasteiger partial charge in [0.25, 0.3) is 0 Å².